The van der Waals surface area contributed by atoms with Crippen LogP contribution in [0.5, 0.6) is 0 Å². The Hall–Kier alpha value is -3.21. The highest BCUT2D eigenvalue weighted by atomic mass is 35.5. The van der Waals surface area contributed by atoms with Gasteiger partial charge in [0.15, 0.2) is 0 Å². The molecule has 6 nitrogen and oxygen atoms in total. The van der Waals surface area contributed by atoms with E-state index in [1.54, 1.807) is 24.4 Å². The van der Waals surface area contributed by atoms with Gasteiger partial charge in [-0.3, -0.25) is 5.32 Å². The fraction of sp³-hybridized carbons (Fsp3) is 0.292. The number of pyridine rings is 2. The van der Waals surface area contributed by atoms with E-state index in [-0.39, 0.29) is 5.82 Å². The summed E-state index contributed by atoms with van der Waals surface area (Å²) in [7, 11) is 0. The Kier molecular flexibility index (Phi) is 6.84. The summed E-state index contributed by atoms with van der Waals surface area (Å²) in [5.74, 6) is 0.970. The van der Waals surface area contributed by atoms with Crippen molar-refractivity contribution in [3.63, 3.8) is 0 Å². The summed E-state index contributed by atoms with van der Waals surface area (Å²) >= 11 is 6.47. The number of aromatic amines is 1. The van der Waals surface area contributed by atoms with E-state index in [0.29, 0.717) is 40.7 Å². The van der Waals surface area contributed by atoms with Gasteiger partial charge < -0.3 is 11.1 Å². The number of H-pyrrole nitrogens is 1. The van der Waals surface area contributed by atoms with Gasteiger partial charge >= 0.3 is 0 Å². The number of hydrogen-bond donors (Lipinski definition) is 3. The molecule has 1 aliphatic rings. The van der Waals surface area contributed by atoms with Gasteiger partial charge in [0.05, 0.1) is 22.3 Å². The highest BCUT2D eigenvalue weighted by Gasteiger charge is 2.23. The Morgan fingerprint density at radius 2 is 2.00 bits per heavy atom. The molecule has 1 fully saturated rings. The zero-order valence-electron chi connectivity index (χ0n) is 17.5. The number of nitrogens with zero attached hydrogens (tertiary/aromatic N) is 2. The molecule has 2 aromatic heterocycles. The Bertz CT molecular complexity index is 1140. The number of aromatic nitrogens is 2. The molecule has 2 heterocycles. The molecule has 5 N–H and O–H groups in total. The van der Waals surface area contributed by atoms with Crippen LogP contribution in [-0.2, 0) is 6.54 Å². The van der Waals surface area contributed by atoms with Gasteiger partial charge in [0.1, 0.15) is 23.9 Å². The van der Waals surface area contributed by atoms with Crippen molar-refractivity contribution >= 4 is 23.2 Å². The van der Waals surface area contributed by atoms with Crippen molar-refractivity contribution in [1.82, 2.24) is 4.98 Å². The van der Waals surface area contributed by atoms with Crippen LogP contribution in [0.1, 0.15) is 36.8 Å². The maximum absolute atomic E-state index is 13.5. The molecule has 0 bridgehead atoms. The maximum atomic E-state index is 13.5. The summed E-state index contributed by atoms with van der Waals surface area (Å²) in [6.45, 7) is 0.343. The van der Waals surface area contributed by atoms with E-state index in [9.17, 15) is 9.65 Å². The number of halogens is 2. The van der Waals surface area contributed by atoms with Gasteiger partial charge in [-0.2, -0.15) is 5.26 Å². The lowest BCUT2D eigenvalue weighted by molar-refractivity contribution is -0.361. The van der Waals surface area contributed by atoms with Crippen LogP contribution in [0, 0.1) is 17.1 Å². The van der Waals surface area contributed by atoms with E-state index in [1.807, 2.05) is 12.1 Å². The lowest BCUT2D eigenvalue weighted by Gasteiger charge is -2.23. The van der Waals surface area contributed by atoms with Gasteiger partial charge in [0, 0.05) is 24.2 Å². The van der Waals surface area contributed by atoms with Crippen LogP contribution in [0.15, 0.2) is 48.7 Å². The number of nitriles is 1. The molecule has 0 radical (unpaired) electrons. The third kappa shape index (κ3) is 5.34. The fourth-order valence-electron chi connectivity index (χ4n) is 3.90. The molecular formula is C24H25ClFN6+. The van der Waals surface area contributed by atoms with Crippen LogP contribution in [-0.4, -0.2) is 17.1 Å². The van der Waals surface area contributed by atoms with E-state index in [4.69, 9.17) is 17.3 Å². The number of benzene rings is 1. The second-order valence-electron chi connectivity index (χ2n) is 8.05. The van der Waals surface area contributed by atoms with Crippen LogP contribution in [0.3, 0.4) is 0 Å². The molecule has 0 amide bonds. The lowest BCUT2D eigenvalue weighted by atomic mass is 9.92. The third-order valence-corrected chi connectivity index (χ3v) is 5.99. The summed E-state index contributed by atoms with van der Waals surface area (Å²) in [4.78, 5) is 7.83. The molecule has 0 aliphatic heterocycles. The Labute approximate surface area is 191 Å². The molecule has 32 heavy (non-hydrogen) atoms. The molecular weight excluding hydrogens is 427 g/mol. The van der Waals surface area contributed by atoms with E-state index < -0.39 is 0 Å². The molecule has 164 valence electrons. The van der Waals surface area contributed by atoms with Crippen LogP contribution < -0.4 is 21.4 Å². The van der Waals surface area contributed by atoms with Crippen molar-refractivity contribution < 1.29 is 9.37 Å². The van der Waals surface area contributed by atoms with Gasteiger partial charge in [-0.05, 0) is 55.5 Å². The molecule has 1 aliphatic carbocycles. The number of hydrogen-bond acceptors (Lipinski definition) is 5. The highest BCUT2D eigenvalue weighted by Crippen LogP contribution is 2.30. The topological polar surface area (TPSA) is 101 Å². The molecule has 3 aromatic rings. The standard InChI is InChI=1S/C24H24ClFN6/c25-21-14-29-23(31-19-7-5-18(28)6-8-19)11-20(21)22-9-4-16(12-27)24(32-22)30-13-15-2-1-3-17(26)10-15/h1-4,9-11,14,18-19H,5-8,13,28H2,(H,29,31)(H,30,32)/p+1. The number of rotatable bonds is 6. The minimum absolute atomic E-state index is 0.291. The van der Waals surface area contributed by atoms with E-state index in [0.717, 1.165) is 42.6 Å². The van der Waals surface area contributed by atoms with Crippen molar-refractivity contribution in [3.05, 3.63) is 70.6 Å². The molecule has 4 rings (SSSR count). The number of nitrogens with one attached hydrogen (secondary N) is 3. The highest BCUT2D eigenvalue weighted by molar-refractivity contribution is 6.33. The lowest BCUT2D eigenvalue weighted by Crippen LogP contribution is -2.34. The summed E-state index contributed by atoms with van der Waals surface area (Å²) < 4.78 is 13.5. The third-order valence-electron chi connectivity index (χ3n) is 5.67. The SMILES string of the molecule is N#Cc1ccc(-c2cc(NC3CCC(N)CC3)[nH+]cc2Cl)nc1NCc1cccc(F)c1. The average Bonchev–Trinajstić information content (AvgIpc) is 2.80. The summed E-state index contributed by atoms with van der Waals surface area (Å²) in [5, 5.41) is 16.7. The van der Waals surface area contributed by atoms with Crippen molar-refractivity contribution in [3.8, 4) is 17.3 Å². The summed E-state index contributed by atoms with van der Waals surface area (Å²) in [6.07, 6.45) is 5.80. The molecule has 0 unspecified atom stereocenters. The molecule has 0 atom stereocenters. The van der Waals surface area contributed by atoms with E-state index in [1.165, 1.54) is 12.1 Å². The predicted molar refractivity (Wildman–Crippen MR) is 124 cm³/mol. The van der Waals surface area contributed by atoms with Crippen LogP contribution in [0.25, 0.3) is 11.3 Å². The number of nitrogens with two attached hydrogens (primary N) is 1. The smallest absolute Gasteiger partial charge is 0.273 e. The van der Waals surface area contributed by atoms with Crippen LogP contribution in [0.2, 0.25) is 5.02 Å². The van der Waals surface area contributed by atoms with Gasteiger partial charge in [-0.15, -0.1) is 0 Å². The first kappa shape index (κ1) is 22.0. The average molecular weight is 452 g/mol. The van der Waals surface area contributed by atoms with Crippen molar-refractivity contribution in [1.29, 1.82) is 5.26 Å². The molecule has 8 heteroatoms. The van der Waals surface area contributed by atoms with Crippen LogP contribution >= 0.6 is 11.6 Å². The quantitative estimate of drug-likeness (QED) is 0.511. The van der Waals surface area contributed by atoms with E-state index >= 15 is 0 Å². The van der Waals surface area contributed by atoms with Crippen molar-refractivity contribution in [2.75, 3.05) is 10.6 Å². The van der Waals surface area contributed by atoms with Gasteiger partial charge in [0.2, 0.25) is 0 Å². The predicted octanol–water partition coefficient (Wildman–Crippen LogP) is 4.52. The second kappa shape index (κ2) is 9.94. The minimum Gasteiger partial charge on any atom is -0.365 e. The van der Waals surface area contributed by atoms with Crippen LogP contribution in [0.4, 0.5) is 16.0 Å². The first-order valence-corrected chi connectivity index (χ1v) is 11.0. The molecule has 0 saturated heterocycles. The zero-order valence-corrected chi connectivity index (χ0v) is 18.3. The van der Waals surface area contributed by atoms with Crippen molar-refractivity contribution in [2.24, 2.45) is 5.73 Å². The zero-order chi connectivity index (χ0) is 22.5. The summed E-state index contributed by atoms with van der Waals surface area (Å²) in [5.41, 5.74) is 8.55. The van der Waals surface area contributed by atoms with Gasteiger partial charge in [0.25, 0.3) is 5.82 Å². The van der Waals surface area contributed by atoms with Gasteiger partial charge in [-0.25, -0.2) is 14.4 Å². The van der Waals surface area contributed by atoms with E-state index in [2.05, 4.69) is 26.7 Å². The molecule has 0 spiro atoms. The van der Waals surface area contributed by atoms with Gasteiger partial charge in [-0.1, -0.05) is 23.7 Å². The first-order chi connectivity index (χ1) is 15.5. The fourth-order valence-corrected chi connectivity index (χ4v) is 4.11. The molecule has 1 saturated carbocycles. The Morgan fingerprint density at radius 3 is 2.75 bits per heavy atom. The maximum Gasteiger partial charge on any atom is 0.273 e. The molecule has 1 aromatic carbocycles. The summed E-state index contributed by atoms with van der Waals surface area (Å²) in [6, 6.07) is 14.5. The number of anilines is 2. The largest absolute Gasteiger partial charge is 0.365 e. The normalized spacial score (nSPS) is 18.1. The Balaban J connectivity index is 1.56. The first-order valence-electron chi connectivity index (χ1n) is 10.6. The monoisotopic (exact) mass is 451 g/mol. The van der Waals surface area contributed by atoms with Crippen molar-refractivity contribution in [2.45, 2.75) is 44.3 Å². The minimum atomic E-state index is -0.307. The Morgan fingerprint density at radius 1 is 1.19 bits per heavy atom. The second-order valence-corrected chi connectivity index (χ2v) is 8.46.